The third-order valence-corrected chi connectivity index (χ3v) is 3.49. The minimum absolute atomic E-state index is 0.0540. The fraction of sp³-hybridized carbons (Fsp3) is 0.176. The monoisotopic (exact) mass is 301 g/mol. The van der Waals surface area contributed by atoms with Gasteiger partial charge in [-0.15, -0.1) is 0 Å². The molecule has 2 aromatic rings. The van der Waals surface area contributed by atoms with Crippen LogP contribution in [0.25, 0.3) is 0 Å². The first-order valence-electron chi connectivity index (χ1n) is 6.57. The number of nitrogens with one attached hydrogen (secondary N) is 1. The van der Waals surface area contributed by atoms with Gasteiger partial charge in [-0.05, 0) is 61.4 Å². The van der Waals surface area contributed by atoms with Crippen molar-refractivity contribution in [1.82, 2.24) is 0 Å². The Morgan fingerprint density at radius 2 is 1.62 bits per heavy atom. The Morgan fingerprint density at radius 1 is 1.00 bits per heavy atom. The molecule has 1 amide bonds. The fourth-order valence-corrected chi connectivity index (χ4v) is 2.27. The van der Waals surface area contributed by atoms with E-state index in [2.05, 4.69) is 5.32 Å². The second kappa shape index (κ2) is 6.10. The minimum atomic E-state index is -0.130. The third-order valence-electron chi connectivity index (χ3n) is 3.23. The predicted molar refractivity (Wildman–Crippen MR) is 85.1 cm³/mol. The molecule has 2 aromatic carbocycles. The van der Waals surface area contributed by atoms with Gasteiger partial charge in [-0.2, -0.15) is 0 Å². The summed E-state index contributed by atoms with van der Waals surface area (Å²) >= 11 is 5.84. The van der Waals surface area contributed by atoms with E-state index in [1.807, 2.05) is 19.9 Å². The summed E-state index contributed by atoms with van der Waals surface area (Å²) in [7, 11) is 0. The van der Waals surface area contributed by atoms with Crippen molar-refractivity contribution in [1.29, 1.82) is 0 Å². The molecular formula is C17H16ClNO2. The van der Waals surface area contributed by atoms with Crippen LogP contribution in [0.15, 0.2) is 36.4 Å². The van der Waals surface area contributed by atoms with Crippen LogP contribution in [0.1, 0.15) is 34.0 Å². The van der Waals surface area contributed by atoms with Crippen molar-refractivity contribution in [2.75, 3.05) is 5.32 Å². The zero-order valence-electron chi connectivity index (χ0n) is 12.2. The minimum Gasteiger partial charge on any atom is -0.326 e. The summed E-state index contributed by atoms with van der Waals surface area (Å²) in [6, 6.07) is 10.4. The maximum Gasteiger partial charge on any atom is 0.221 e. The van der Waals surface area contributed by atoms with Gasteiger partial charge in [-0.1, -0.05) is 11.6 Å². The van der Waals surface area contributed by atoms with Gasteiger partial charge in [0.2, 0.25) is 5.91 Å². The van der Waals surface area contributed by atoms with Gasteiger partial charge in [0.1, 0.15) is 0 Å². The molecule has 0 unspecified atom stereocenters. The van der Waals surface area contributed by atoms with Crippen LogP contribution < -0.4 is 5.32 Å². The van der Waals surface area contributed by atoms with E-state index in [4.69, 9.17) is 11.6 Å². The lowest BCUT2D eigenvalue weighted by Gasteiger charge is -2.12. The van der Waals surface area contributed by atoms with E-state index < -0.39 is 0 Å². The maximum atomic E-state index is 12.5. The van der Waals surface area contributed by atoms with Crippen LogP contribution in [-0.2, 0) is 4.79 Å². The van der Waals surface area contributed by atoms with Crippen LogP contribution >= 0.6 is 11.6 Å². The van der Waals surface area contributed by atoms with E-state index in [9.17, 15) is 9.59 Å². The Morgan fingerprint density at radius 3 is 2.19 bits per heavy atom. The number of ketones is 1. The van der Waals surface area contributed by atoms with Crippen molar-refractivity contribution in [3.63, 3.8) is 0 Å². The van der Waals surface area contributed by atoms with Crippen molar-refractivity contribution >= 4 is 29.0 Å². The smallest absolute Gasteiger partial charge is 0.221 e. The van der Waals surface area contributed by atoms with Crippen LogP contribution in [0, 0.1) is 13.8 Å². The molecule has 0 spiro atoms. The topological polar surface area (TPSA) is 46.2 Å². The van der Waals surface area contributed by atoms with E-state index >= 15 is 0 Å². The summed E-state index contributed by atoms with van der Waals surface area (Å²) < 4.78 is 0. The first kappa shape index (κ1) is 15.3. The normalized spacial score (nSPS) is 10.3. The molecule has 0 saturated heterocycles. The highest BCUT2D eigenvalue weighted by molar-refractivity contribution is 6.30. The highest BCUT2D eigenvalue weighted by Crippen LogP contribution is 2.23. The zero-order valence-corrected chi connectivity index (χ0v) is 12.9. The SMILES string of the molecule is CC(=O)Nc1cc(C)c(C(=O)c2ccc(Cl)cc2)cc1C. The average Bonchev–Trinajstić information content (AvgIpc) is 2.42. The number of carbonyl (C=O) groups excluding carboxylic acids is 2. The largest absolute Gasteiger partial charge is 0.326 e. The van der Waals surface area contributed by atoms with Crippen molar-refractivity contribution in [3.05, 3.63) is 63.7 Å². The van der Waals surface area contributed by atoms with Gasteiger partial charge in [0.15, 0.2) is 5.78 Å². The molecule has 0 aliphatic carbocycles. The molecule has 0 saturated carbocycles. The number of benzene rings is 2. The fourth-order valence-electron chi connectivity index (χ4n) is 2.14. The number of anilines is 1. The predicted octanol–water partition coefficient (Wildman–Crippen LogP) is 4.15. The molecule has 2 rings (SSSR count). The number of carbonyl (C=O) groups is 2. The summed E-state index contributed by atoms with van der Waals surface area (Å²) in [5.41, 5.74) is 3.63. The molecule has 0 aliphatic rings. The van der Waals surface area contributed by atoms with E-state index in [0.717, 1.165) is 16.8 Å². The van der Waals surface area contributed by atoms with E-state index in [-0.39, 0.29) is 11.7 Å². The zero-order chi connectivity index (χ0) is 15.6. The Balaban J connectivity index is 2.40. The standard InChI is InChI=1S/C17H16ClNO2/c1-10-9-16(19-12(3)20)11(2)8-15(10)17(21)13-4-6-14(18)7-5-13/h4-9H,1-3H3,(H,19,20). The number of rotatable bonds is 3. The van der Waals surface area contributed by atoms with Gasteiger partial charge in [-0.25, -0.2) is 0 Å². The first-order valence-corrected chi connectivity index (χ1v) is 6.95. The summed E-state index contributed by atoms with van der Waals surface area (Å²) in [5.74, 6) is -0.184. The van der Waals surface area contributed by atoms with Crippen LogP contribution in [0.2, 0.25) is 5.02 Å². The summed E-state index contributed by atoms with van der Waals surface area (Å²) in [5, 5.41) is 3.36. The highest BCUT2D eigenvalue weighted by Gasteiger charge is 2.14. The molecule has 0 aromatic heterocycles. The van der Waals surface area contributed by atoms with Crippen LogP contribution in [0.4, 0.5) is 5.69 Å². The van der Waals surface area contributed by atoms with Crippen LogP contribution in [-0.4, -0.2) is 11.7 Å². The highest BCUT2D eigenvalue weighted by atomic mass is 35.5. The summed E-state index contributed by atoms with van der Waals surface area (Å²) in [4.78, 5) is 23.7. The molecule has 1 N–H and O–H groups in total. The molecule has 21 heavy (non-hydrogen) atoms. The molecule has 0 aliphatic heterocycles. The number of amides is 1. The van der Waals surface area contributed by atoms with Gasteiger partial charge in [0, 0.05) is 28.8 Å². The Labute approximate surface area is 128 Å². The Bertz CT molecular complexity index is 705. The number of hydrogen-bond acceptors (Lipinski definition) is 2. The Kier molecular flexibility index (Phi) is 4.43. The van der Waals surface area contributed by atoms with Gasteiger partial charge in [0.05, 0.1) is 0 Å². The average molecular weight is 302 g/mol. The first-order chi connectivity index (χ1) is 9.88. The maximum absolute atomic E-state index is 12.5. The van der Waals surface area contributed by atoms with Crippen molar-refractivity contribution in [2.45, 2.75) is 20.8 Å². The number of aryl methyl sites for hydroxylation is 2. The molecule has 4 heteroatoms. The lowest BCUT2D eigenvalue weighted by Crippen LogP contribution is -2.10. The van der Waals surface area contributed by atoms with E-state index in [0.29, 0.717) is 16.1 Å². The lowest BCUT2D eigenvalue weighted by molar-refractivity contribution is -0.114. The molecular weight excluding hydrogens is 286 g/mol. The van der Waals surface area contributed by atoms with Gasteiger partial charge < -0.3 is 5.32 Å². The molecule has 0 atom stereocenters. The van der Waals surface area contributed by atoms with Crippen molar-refractivity contribution in [3.8, 4) is 0 Å². The number of hydrogen-bond donors (Lipinski definition) is 1. The van der Waals surface area contributed by atoms with Gasteiger partial charge in [-0.3, -0.25) is 9.59 Å². The molecule has 0 heterocycles. The quantitative estimate of drug-likeness (QED) is 0.866. The molecule has 108 valence electrons. The molecule has 0 bridgehead atoms. The van der Waals surface area contributed by atoms with Gasteiger partial charge >= 0.3 is 0 Å². The van der Waals surface area contributed by atoms with Gasteiger partial charge in [0.25, 0.3) is 0 Å². The summed E-state index contributed by atoms with van der Waals surface area (Å²) in [6.45, 7) is 5.18. The third kappa shape index (κ3) is 3.50. The van der Waals surface area contributed by atoms with Crippen LogP contribution in [0.5, 0.6) is 0 Å². The Hall–Kier alpha value is -2.13. The molecule has 3 nitrogen and oxygen atoms in total. The molecule has 0 radical (unpaired) electrons. The van der Waals surface area contributed by atoms with Crippen molar-refractivity contribution < 1.29 is 9.59 Å². The summed E-state index contributed by atoms with van der Waals surface area (Å²) in [6.07, 6.45) is 0. The molecule has 0 fully saturated rings. The second-order valence-electron chi connectivity index (χ2n) is 5.00. The number of halogens is 1. The van der Waals surface area contributed by atoms with E-state index in [1.165, 1.54) is 6.92 Å². The van der Waals surface area contributed by atoms with Crippen LogP contribution in [0.3, 0.4) is 0 Å². The lowest BCUT2D eigenvalue weighted by atomic mass is 9.96. The second-order valence-corrected chi connectivity index (χ2v) is 5.44. The van der Waals surface area contributed by atoms with E-state index in [1.54, 1.807) is 30.3 Å². The van der Waals surface area contributed by atoms with Crippen molar-refractivity contribution in [2.24, 2.45) is 0 Å².